The predicted molar refractivity (Wildman–Crippen MR) is 125 cm³/mol. The molecule has 2 N–H and O–H groups in total. The molecule has 2 atom stereocenters. The number of hydrogen-bond acceptors (Lipinski definition) is 4. The number of nitrogens with zero attached hydrogens (tertiary/aromatic N) is 2. The molecule has 0 fully saturated rings. The Morgan fingerprint density at radius 2 is 1.67 bits per heavy atom. The van der Waals surface area contributed by atoms with Crippen molar-refractivity contribution in [3.8, 4) is 11.5 Å². The van der Waals surface area contributed by atoms with Gasteiger partial charge in [-0.05, 0) is 53.1 Å². The van der Waals surface area contributed by atoms with Crippen LogP contribution in [0.4, 0.5) is 0 Å². The van der Waals surface area contributed by atoms with E-state index in [1.165, 1.54) is 0 Å². The Balaban J connectivity index is 1.65. The number of benzene rings is 2. The maximum absolute atomic E-state index is 13.6. The highest BCUT2D eigenvalue weighted by atomic mass is 35.5. The number of amides is 2. The molecule has 1 aromatic heterocycles. The SMILES string of the molecule is COc1cc2c(cc1OC)CN(C(=O)CC(c1ccc(Cl)cc1)n1cccc1)C(C(N)=O)C2. The van der Waals surface area contributed by atoms with Gasteiger partial charge in [0.15, 0.2) is 11.5 Å². The van der Waals surface area contributed by atoms with Gasteiger partial charge in [-0.15, -0.1) is 0 Å². The van der Waals surface area contributed by atoms with Crippen LogP contribution >= 0.6 is 11.6 Å². The summed E-state index contributed by atoms with van der Waals surface area (Å²) in [6.07, 6.45) is 4.33. The van der Waals surface area contributed by atoms with E-state index in [-0.39, 0.29) is 24.9 Å². The van der Waals surface area contributed by atoms with Crippen LogP contribution in [0.5, 0.6) is 11.5 Å². The highest BCUT2D eigenvalue weighted by Crippen LogP contribution is 2.35. The van der Waals surface area contributed by atoms with Gasteiger partial charge in [0.2, 0.25) is 11.8 Å². The Morgan fingerprint density at radius 1 is 1.06 bits per heavy atom. The summed E-state index contributed by atoms with van der Waals surface area (Å²) in [5.41, 5.74) is 8.49. The Morgan fingerprint density at radius 3 is 2.24 bits per heavy atom. The fourth-order valence-corrected chi connectivity index (χ4v) is 4.47. The van der Waals surface area contributed by atoms with Crippen molar-refractivity contribution < 1.29 is 19.1 Å². The monoisotopic (exact) mass is 467 g/mol. The van der Waals surface area contributed by atoms with Crippen LogP contribution in [0.25, 0.3) is 0 Å². The second-order valence-corrected chi connectivity index (χ2v) is 8.46. The van der Waals surface area contributed by atoms with Crippen LogP contribution < -0.4 is 15.2 Å². The first-order valence-corrected chi connectivity index (χ1v) is 11.0. The molecule has 7 nitrogen and oxygen atoms in total. The summed E-state index contributed by atoms with van der Waals surface area (Å²) in [4.78, 5) is 27.5. The molecule has 0 radical (unpaired) electrons. The molecule has 0 saturated carbocycles. The summed E-state index contributed by atoms with van der Waals surface area (Å²) in [7, 11) is 3.13. The van der Waals surface area contributed by atoms with Gasteiger partial charge in [-0.3, -0.25) is 9.59 Å². The fourth-order valence-electron chi connectivity index (χ4n) is 4.35. The molecule has 8 heteroatoms. The molecule has 2 aromatic carbocycles. The first-order valence-electron chi connectivity index (χ1n) is 10.6. The number of ether oxygens (including phenoxy) is 2. The number of nitrogens with two attached hydrogens (primary N) is 1. The van der Waals surface area contributed by atoms with Crippen LogP contribution in [0, 0.1) is 0 Å². The Labute approximate surface area is 197 Å². The maximum atomic E-state index is 13.6. The van der Waals surface area contributed by atoms with Crippen molar-refractivity contribution in [3.05, 3.63) is 82.6 Å². The molecule has 2 amide bonds. The third-order valence-corrected chi connectivity index (χ3v) is 6.35. The van der Waals surface area contributed by atoms with Crippen LogP contribution in [-0.2, 0) is 22.6 Å². The van der Waals surface area contributed by atoms with Crippen molar-refractivity contribution in [2.75, 3.05) is 14.2 Å². The van der Waals surface area contributed by atoms with Crippen molar-refractivity contribution in [1.82, 2.24) is 9.47 Å². The second-order valence-electron chi connectivity index (χ2n) is 8.02. The van der Waals surface area contributed by atoms with Gasteiger partial charge in [0.1, 0.15) is 6.04 Å². The molecular weight excluding hydrogens is 442 g/mol. The average Bonchev–Trinajstić information content (AvgIpc) is 3.35. The third-order valence-electron chi connectivity index (χ3n) is 6.09. The van der Waals surface area contributed by atoms with Gasteiger partial charge in [0, 0.05) is 30.4 Å². The number of carbonyl (C=O) groups excluding carboxylic acids is 2. The summed E-state index contributed by atoms with van der Waals surface area (Å²) < 4.78 is 12.8. The Kier molecular flexibility index (Phi) is 6.60. The zero-order valence-electron chi connectivity index (χ0n) is 18.5. The van der Waals surface area contributed by atoms with Gasteiger partial charge >= 0.3 is 0 Å². The summed E-state index contributed by atoms with van der Waals surface area (Å²) >= 11 is 6.06. The zero-order valence-corrected chi connectivity index (χ0v) is 19.3. The van der Waals surface area contributed by atoms with Crippen LogP contribution in [-0.4, -0.2) is 41.5 Å². The van der Waals surface area contributed by atoms with Gasteiger partial charge in [0.25, 0.3) is 0 Å². The molecule has 2 unspecified atom stereocenters. The molecule has 0 aliphatic carbocycles. The largest absolute Gasteiger partial charge is 0.493 e. The summed E-state index contributed by atoms with van der Waals surface area (Å²) in [5.74, 6) is 0.461. The number of carbonyl (C=O) groups is 2. The van der Waals surface area contributed by atoms with E-state index in [2.05, 4.69) is 0 Å². The average molecular weight is 468 g/mol. The Bertz CT molecular complexity index is 1150. The number of methoxy groups -OCH3 is 2. The minimum atomic E-state index is -0.737. The summed E-state index contributed by atoms with van der Waals surface area (Å²) in [5, 5.41) is 0.627. The number of rotatable bonds is 7. The minimum absolute atomic E-state index is 0.159. The van der Waals surface area contributed by atoms with E-state index < -0.39 is 11.9 Å². The molecule has 3 aromatic rings. The molecule has 33 heavy (non-hydrogen) atoms. The Hall–Kier alpha value is -3.45. The second kappa shape index (κ2) is 9.58. The quantitative estimate of drug-likeness (QED) is 0.575. The molecule has 172 valence electrons. The van der Waals surface area contributed by atoms with Gasteiger partial charge in [-0.1, -0.05) is 23.7 Å². The van der Waals surface area contributed by atoms with Crippen LogP contribution in [0.2, 0.25) is 5.02 Å². The normalized spacial score (nSPS) is 16.1. The van der Waals surface area contributed by atoms with Gasteiger partial charge in [-0.2, -0.15) is 0 Å². The van der Waals surface area contributed by atoms with E-state index in [1.54, 1.807) is 31.3 Å². The van der Waals surface area contributed by atoms with Crippen molar-refractivity contribution in [2.45, 2.75) is 31.5 Å². The van der Waals surface area contributed by atoms with Crippen LogP contribution in [0.1, 0.15) is 29.2 Å². The van der Waals surface area contributed by atoms with Crippen LogP contribution in [0.3, 0.4) is 0 Å². The number of halogens is 1. The molecule has 0 saturated heterocycles. The molecule has 0 spiro atoms. The van der Waals surface area contributed by atoms with Crippen molar-refractivity contribution in [1.29, 1.82) is 0 Å². The van der Waals surface area contributed by atoms with Crippen molar-refractivity contribution in [3.63, 3.8) is 0 Å². The molecule has 0 bridgehead atoms. The summed E-state index contributed by atoms with van der Waals surface area (Å²) in [6, 6.07) is 14.0. The topological polar surface area (TPSA) is 86.8 Å². The first-order chi connectivity index (χ1) is 15.9. The van der Waals surface area contributed by atoms with Gasteiger partial charge in [-0.25, -0.2) is 0 Å². The number of fused-ring (bicyclic) bond motifs is 1. The lowest BCUT2D eigenvalue weighted by Gasteiger charge is -2.36. The minimum Gasteiger partial charge on any atom is -0.493 e. The first kappa shape index (κ1) is 22.7. The van der Waals surface area contributed by atoms with E-state index >= 15 is 0 Å². The van der Waals surface area contributed by atoms with Crippen LogP contribution in [0.15, 0.2) is 60.9 Å². The van der Waals surface area contributed by atoms with E-state index in [0.717, 1.165) is 16.7 Å². The number of primary amides is 1. The molecule has 1 aliphatic heterocycles. The zero-order chi connectivity index (χ0) is 23.5. The van der Waals surface area contributed by atoms with Gasteiger partial charge < -0.3 is 24.7 Å². The van der Waals surface area contributed by atoms with Crippen molar-refractivity contribution in [2.24, 2.45) is 5.73 Å². The molecular formula is C25H26ClN3O4. The molecule has 4 rings (SSSR count). The summed E-state index contributed by atoms with van der Waals surface area (Å²) in [6.45, 7) is 0.265. The highest BCUT2D eigenvalue weighted by Gasteiger charge is 2.35. The maximum Gasteiger partial charge on any atom is 0.240 e. The standard InChI is InChI=1S/C25H26ClN3O4/c1-32-22-12-17-11-21(25(27)31)29(15-18(17)13-23(22)33-2)24(30)14-20(28-9-3-4-10-28)16-5-7-19(26)8-6-16/h3-10,12-13,20-21H,11,14-15H2,1-2H3,(H2,27,31). The number of hydrogen-bond donors (Lipinski definition) is 1. The lowest BCUT2D eigenvalue weighted by Crippen LogP contribution is -2.51. The predicted octanol–water partition coefficient (Wildman–Crippen LogP) is 3.58. The lowest BCUT2D eigenvalue weighted by molar-refractivity contribution is -0.141. The third kappa shape index (κ3) is 4.68. The van der Waals surface area contributed by atoms with E-state index in [1.807, 2.05) is 53.4 Å². The van der Waals surface area contributed by atoms with E-state index in [4.69, 9.17) is 26.8 Å². The van der Waals surface area contributed by atoms with Crippen molar-refractivity contribution >= 4 is 23.4 Å². The fraction of sp³-hybridized carbons (Fsp3) is 0.280. The van der Waals surface area contributed by atoms with Gasteiger partial charge in [0.05, 0.1) is 26.7 Å². The lowest BCUT2D eigenvalue weighted by atomic mass is 9.92. The smallest absolute Gasteiger partial charge is 0.240 e. The van der Waals surface area contributed by atoms with E-state index in [9.17, 15) is 9.59 Å². The number of aromatic nitrogens is 1. The highest BCUT2D eigenvalue weighted by molar-refractivity contribution is 6.30. The molecule has 1 aliphatic rings. The van der Waals surface area contributed by atoms with E-state index in [0.29, 0.717) is 22.9 Å². The molecule has 2 heterocycles.